The van der Waals surface area contributed by atoms with Gasteiger partial charge in [0, 0.05) is 38.6 Å². The van der Waals surface area contributed by atoms with Crippen LogP contribution in [0.25, 0.3) is 64.6 Å². The summed E-state index contributed by atoms with van der Waals surface area (Å²) in [5.41, 5.74) is 9.00. The van der Waals surface area contributed by atoms with E-state index in [1.54, 1.807) is 0 Å². The van der Waals surface area contributed by atoms with Crippen LogP contribution in [0.5, 0.6) is 0 Å². The van der Waals surface area contributed by atoms with Gasteiger partial charge in [-0.3, -0.25) is 9.97 Å². The molecule has 0 radical (unpaired) electrons. The molecular formula is C41H36N2PtS. The molecule has 0 spiro atoms. The number of hydrogen-bond acceptors (Lipinski definition) is 3. The number of hydrogen-bond donors (Lipinski definition) is 0. The standard InChI is InChI=1S/C41H36N2S.Pt/c1-40(2,3)25-30-13-9-15-33-34-19-21-43-37(39(34)44-38(30)33)29-17-16-26-10-8-14-32(35(26)23-29)27-11-7-12-28(22-27)36-24-31(18-20-42-36)41(4,5)6;/h7-21,24H,25H2,1-6H3;/q-2;+2. The van der Waals surface area contributed by atoms with Crippen LogP contribution in [-0.4, -0.2) is 9.97 Å². The molecule has 226 valence electrons. The van der Waals surface area contributed by atoms with Crippen LogP contribution >= 0.6 is 11.3 Å². The Labute approximate surface area is 284 Å². The maximum Gasteiger partial charge on any atom is 2.00 e. The molecule has 0 aliphatic carbocycles. The van der Waals surface area contributed by atoms with E-state index >= 15 is 0 Å². The van der Waals surface area contributed by atoms with Crippen molar-refractivity contribution in [3.8, 4) is 33.6 Å². The number of aromatic nitrogens is 2. The van der Waals surface area contributed by atoms with E-state index in [4.69, 9.17) is 9.97 Å². The zero-order chi connectivity index (χ0) is 30.6. The number of pyridine rings is 2. The van der Waals surface area contributed by atoms with Gasteiger partial charge in [0.1, 0.15) is 0 Å². The van der Waals surface area contributed by atoms with Gasteiger partial charge in [-0.15, -0.1) is 64.8 Å². The van der Waals surface area contributed by atoms with Gasteiger partial charge in [-0.2, -0.15) is 0 Å². The fourth-order valence-corrected chi connectivity index (χ4v) is 7.38. The van der Waals surface area contributed by atoms with Crippen molar-refractivity contribution in [3.63, 3.8) is 0 Å². The summed E-state index contributed by atoms with van der Waals surface area (Å²) in [7, 11) is 0. The van der Waals surface area contributed by atoms with Crippen LogP contribution in [0.15, 0.2) is 97.3 Å². The summed E-state index contributed by atoms with van der Waals surface area (Å²) in [4.78, 5) is 9.63. The summed E-state index contributed by atoms with van der Waals surface area (Å²) >= 11 is 1.86. The van der Waals surface area contributed by atoms with Crippen molar-refractivity contribution in [2.24, 2.45) is 5.41 Å². The van der Waals surface area contributed by atoms with Crippen molar-refractivity contribution in [2.75, 3.05) is 0 Å². The molecule has 3 aromatic heterocycles. The Bertz CT molecular complexity index is 2180. The van der Waals surface area contributed by atoms with E-state index in [2.05, 4.69) is 139 Å². The van der Waals surface area contributed by atoms with Gasteiger partial charge in [0.15, 0.2) is 0 Å². The van der Waals surface area contributed by atoms with Crippen molar-refractivity contribution in [2.45, 2.75) is 53.4 Å². The molecule has 0 amide bonds. The summed E-state index contributed by atoms with van der Waals surface area (Å²) in [5.74, 6) is 0. The average molecular weight is 784 g/mol. The molecule has 0 saturated carbocycles. The second kappa shape index (κ2) is 11.9. The third-order valence-corrected chi connectivity index (χ3v) is 9.55. The zero-order valence-electron chi connectivity index (χ0n) is 26.6. The zero-order valence-corrected chi connectivity index (χ0v) is 29.7. The first-order chi connectivity index (χ1) is 21.0. The predicted octanol–water partition coefficient (Wildman–Crippen LogP) is 11.5. The predicted molar refractivity (Wildman–Crippen MR) is 188 cm³/mol. The Kier molecular flexibility index (Phi) is 8.31. The van der Waals surface area contributed by atoms with Crippen LogP contribution in [-0.2, 0) is 32.9 Å². The van der Waals surface area contributed by atoms with Crippen molar-refractivity contribution in [1.82, 2.24) is 9.97 Å². The maximum atomic E-state index is 4.93. The van der Waals surface area contributed by atoms with Gasteiger partial charge < -0.3 is 0 Å². The Morgan fingerprint density at radius 1 is 0.667 bits per heavy atom. The average Bonchev–Trinajstić information content (AvgIpc) is 3.40. The molecule has 7 rings (SSSR count). The Morgan fingerprint density at radius 3 is 2.20 bits per heavy atom. The van der Waals surface area contributed by atoms with Gasteiger partial charge in [-0.05, 0) is 45.9 Å². The first-order valence-electron chi connectivity index (χ1n) is 15.3. The summed E-state index contributed by atoms with van der Waals surface area (Å²) in [6, 6.07) is 37.8. The number of fused-ring (bicyclic) bond motifs is 4. The SMILES string of the molecule is CC(C)(C)Cc1cccc2c1sc1c(-c3[c-]c4c(-c5[c-]c(-c6cc(C(C)(C)C)ccn6)ccc5)cccc4cc3)nccc12.[Pt+2]. The van der Waals surface area contributed by atoms with Gasteiger partial charge in [0.05, 0.1) is 0 Å². The molecule has 0 N–H and O–H groups in total. The molecule has 2 nitrogen and oxygen atoms in total. The van der Waals surface area contributed by atoms with Crippen LogP contribution in [0.2, 0.25) is 0 Å². The molecule has 7 aromatic rings. The molecule has 0 aliphatic rings. The van der Waals surface area contributed by atoms with E-state index in [0.717, 1.165) is 50.8 Å². The third-order valence-electron chi connectivity index (χ3n) is 8.24. The second-order valence-corrected chi connectivity index (χ2v) is 15.0. The normalized spacial score (nSPS) is 12.1. The quantitative estimate of drug-likeness (QED) is 0.166. The van der Waals surface area contributed by atoms with Crippen molar-refractivity contribution in [1.29, 1.82) is 0 Å². The molecule has 4 aromatic carbocycles. The van der Waals surface area contributed by atoms with E-state index in [1.807, 2.05) is 23.7 Å². The van der Waals surface area contributed by atoms with E-state index in [0.29, 0.717) is 0 Å². The molecular weight excluding hydrogens is 748 g/mol. The topological polar surface area (TPSA) is 25.8 Å². The summed E-state index contributed by atoms with van der Waals surface area (Å²) in [6.45, 7) is 13.6. The molecule has 3 heterocycles. The van der Waals surface area contributed by atoms with Gasteiger partial charge in [-0.25, -0.2) is 0 Å². The van der Waals surface area contributed by atoms with E-state index in [-0.39, 0.29) is 31.9 Å². The van der Waals surface area contributed by atoms with Crippen LogP contribution in [0, 0.1) is 17.5 Å². The fourth-order valence-electron chi connectivity index (χ4n) is 6.07. The minimum Gasteiger partial charge on any atom is -0.295 e. The smallest absolute Gasteiger partial charge is 0.295 e. The monoisotopic (exact) mass is 783 g/mol. The molecule has 0 aliphatic heterocycles. The minimum absolute atomic E-state index is 0. The third kappa shape index (κ3) is 6.13. The number of benzene rings is 4. The molecule has 4 heteroatoms. The summed E-state index contributed by atoms with van der Waals surface area (Å²) in [6.07, 6.45) is 4.89. The number of rotatable bonds is 4. The van der Waals surface area contributed by atoms with Crippen LogP contribution < -0.4 is 0 Å². The second-order valence-electron chi connectivity index (χ2n) is 14.0. The molecule has 0 saturated heterocycles. The molecule has 0 unspecified atom stereocenters. The van der Waals surface area contributed by atoms with Gasteiger partial charge in [-0.1, -0.05) is 106 Å². The van der Waals surface area contributed by atoms with Crippen molar-refractivity contribution >= 4 is 42.3 Å². The molecule has 45 heavy (non-hydrogen) atoms. The molecule has 0 bridgehead atoms. The molecule has 0 atom stereocenters. The molecule has 0 fully saturated rings. The minimum atomic E-state index is 0. The van der Waals surface area contributed by atoms with Gasteiger partial charge >= 0.3 is 21.1 Å². The fraction of sp³-hybridized carbons (Fsp3) is 0.220. The van der Waals surface area contributed by atoms with Crippen molar-refractivity contribution in [3.05, 3.63) is 121 Å². The van der Waals surface area contributed by atoms with Crippen LogP contribution in [0.4, 0.5) is 0 Å². The largest absolute Gasteiger partial charge is 2.00 e. The summed E-state index contributed by atoms with van der Waals surface area (Å²) in [5, 5.41) is 4.79. The maximum absolute atomic E-state index is 4.93. The van der Waals surface area contributed by atoms with E-state index in [1.165, 1.54) is 31.3 Å². The number of nitrogens with zero attached hydrogens (tertiary/aromatic N) is 2. The first-order valence-corrected chi connectivity index (χ1v) is 16.1. The van der Waals surface area contributed by atoms with Crippen LogP contribution in [0.1, 0.15) is 52.7 Å². The Hall–Kier alpha value is -3.65. The number of thiophene rings is 1. The first kappa shape index (κ1) is 31.3. The van der Waals surface area contributed by atoms with E-state index in [9.17, 15) is 0 Å². The van der Waals surface area contributed by atoms with Crippen LogP contribution in [0.3, 0.4) is 0 Å². The van der Waals surface area contributed by atoms with Crippen molar-refractivity contribution < 1.29 is 21.1 Å². The Morgan fingerprint density at radius 2 is 1.40 bits per heavy atom. The van der Waals surface area contributed by atoms with Gasteiger partial charge in [0.25, 0.3) is 0 Å². The van der Waals surface area contributed by atoms with Gasteiger partial charge in [0.2, 0.25) is 0 Å². The summed E-state index contributed by atoms with van der Waals surface area (Å²) < 4.78 is 2.58. The Balaban J connectivity index is 0.00000357. The van der Waals surface area contributed by atoms with E-state index < -0.39 is 0 Å².